The molecule has 1 aliphatic rings. The lowest BCUT2D eigenvalue weighted by molar-refractivity contribution is -0.149. The average Bonchev–Trinajstić information content (AvgIpc) is 4.26. The first kappa shape index (κ1) is 67.0. The van der Waals surface area contributed by atoms with Gasteiger partial charge in [-0.25, -0.2) is 4.79 Å². The number of carbonyl (C=O) groups excluding carboxylic acids is 10. The van der Waals surface area contributed by atoms with Crippen LogP contribution in [0.3, 0.4) is 0 Å². The predicted molar refractivity (Wildman–Crippen MR) is 305 cm³/mol. The fourth-order valence-corrected chi connectivity index (χ4v) is 9.14. The zero-order chi connectivity index (χ0) is 61.7. The summed E-state index contributed by atoms with van der Waals surface area (Å²) in [5, 5.41) is 51.3. The molecule has 2 heterocycles. The van der Waals surface area contributed by atoms with Gasteiger partial charge in [-0.05, 0) is 81.2 Å². The Bertz CT molecular complexity index is 2830. The summed E-state index contributed by atoms with van der Waals surface area (Å²) < 4.78 is 0. The highest BCUT2D eigenvalue weighted by Gasteiger charge is 2.39. The minimum atomic E-state index is -1.77. The van der Waals surface area contributed by atoms with Crippen molar-refractivity contribution >= 4 is 94.5 Å². The summed E-state index contributed by atoms with van der Waals surface area (Å²) in [5.74, 6) is -11.2. The molecule has 4 rings (SSSR count). The molecule has 10 atom stereocenters. The zero-order valence-electron chi connectivity index (χ0n) is 46.5. The summed E-state index contributed by atoms with van der Waals surface area (Å²) in [6.07, 6.45) is -0.219. The van der Waals surface area contributed by atoms with Crippen molar-refractivity contribution in [2.45, 2.75) is 140 Å². The number of aromatic nitrogens is 1. The Hall–Kier alpha value is -8.51. The Balaban J connectivity index is 1.50. The van der Waals surface area contributed by atoms with Crippen LogP contribution >= 0.6 is 12.6 Å². The number of phenols is 1. The van der Waals surface area contributed by atoms with Crippen LogP contribution in [-0.2, 0) is 65.6 Å². The molecule has 1 fully saturated rings. The number of aliphatic hydroxyl groups excluding tert-OH is 1. The van der Waals surface area contributed by atoms with Crippen LogP contribution in [0.1, 0.15) is 77.3 Å². The molecule has 3 aromatic rings. The molecule has 29 nitrogen and oxygen atoms in total. The smallest absolute Gasteiger partial charge is 0.326 e. The lowest BCUT2D eigenvalue weighted by Crippen LogP contribution is -2.61. The molecule has 0 aliphatic carbocycles. The number of H-pyrrole nitrogens is 1. The number of hydrogen-bond acceptors (Lipinski definition) is 16. The maximum Gasteiger partial charge on any atom is 0.326 e. The van der Waals surface area contributed by atoms with Crippen LogP contribution in [0.5, 0.6) is 5.75 Å². The molecule has 0 radical (unpaired) electrons. The van der Waals surface area contributed by atoms with E-state index in [0.29, 0.717) is 28.5 Å². The molecule has 30 heteroatoms. The third kappa shape index (κ3) is 20.8. The highest BCUT2D eigenvalue weighted by molar-refractivity contribution is 7.80. The van der Waals surface area contributed by atoms with E-state index in [1.165, 1.54) is 38.1 Å². The second-order valence-electron chi connectivity index (χ2n) is 20.4. The number of aromatic amines is 1. The Morgan fingerprint density at radius 1 is 0.711 bits per heavy atom. The van der Waals surface area contributed by atoms with E-state index in [0.717, 1.165) is 4.90 Å². The molecule has 2 aromatic carbocycles. The van der Waals surface area contributed by atoms with E-state index < -0.39 is 138 Å². The molecule has 20 N–H and O–H groups in total. The number of nitrogens with one attached hydrogen (secondary N) is 9. The van der Waals surface area contributed by atoms with Crippen LogP contribution in [0, 0.1) is 5.92 Å². The van der Waals surface area contributed by atoms with Gasteiger partial charge in [0.15, 0.2) is 5.96 Å². The van der Waals surface area contributed by atoms with Crippen LogP contribution < -0.4 is 65.5 Å². The number of guanidine groups is 1. The zero-order valence-corrected chi connectivity index (χ0v) is 47.4. The van der Waals surface area contributed by atoms with Gasteiger partial charge in [-0.2, -0.15) is 12.6 Å². The summed E-state index contributed by atoms with van der Waals surface area (Å²) in [5.41, 5.74) is 23.6. The average molecular weight is 1180 g/mol. The predicted octanol–water partition coefficient (Wildman–Crippen LogP) is -4.12. The normalized spacial score (nSPS) is 16.2. The van der Waals surface area contributed by atoms with Crippen LogP contribution in [0.4, 0.5) is 0 Å². The first-order valence-corrected chi connectivity index (χ1v) is 27.5. The van der Waals surface area contributed by atoms with E-state index in [9.17, 15) is 68.1 Å². The Kier molecular flexibility index (Phi) is 26.0. The highest BCUT2D eigenvalue weighted by atomic mass is 32.1. The van der Waals surface area contributed by atoms with Gasteiger partial charge in [-0.15, -0.1) is 0 Å². The van der Waals surface area contributed by atoms with E-state index >= 15 is 0 Å². The third-order valence-electron chi connectivity index (χ3n) is 13.4. The number of aliphatic carboxylic acids is 1. The van der Waals surface area contributed by atoms with Crippen molar-refractivity contribution in [3.63, 3.8) is 0 Å². The second-order valence-corrected chi connectivity index (χ2v) is 20.8. The fraction of sp³-hybridized carbons (Fsp3) is 0.509. The first-order valence-electron chi connectivity index (χ1n) is 26.8. The molecule has 0 unspecified atom stereocenters. The number of amides is 10. The molecule has 1 aromatic heterocycles. The van der Waals surface area contributed by atoms with Gasteiger partial charge in [0, 0.05) is 55.2 Å². The molecule has 0 spiro atoms. The van der Waals surface area contributed by atoms with Crippen molar-refractivity contribution < 1.29 is 68.1 Å². The number of thiol groups is 1. The van der Waals surface area contributed by atoms with E-state index in [-0.39, 0.29) is 75.5 Å². The van der Waals surface area contributed by atoms with Gasteiger partial charge in [0.05, 0.1) is 18.7 Å². The van der Waals surface area contributed by atoms with Gasteiger partial charge in [0.2, 0.25) is 59.1 Å². The number of aliphatic hydroxyl groups is 1. The Morgan fingerprint density at radius 3 is 1.89 bits per heavy atom. The standard InChI is InChI=1S/C53H77N15O14S/c1-26(2)42(67-46(75)34(17-18-40(55)71)61-44(73)27(3)54)49(78)64-37(22-30-23-59-33-10-6-5-9-32(30)33)48(77)65-38(25-83)45(74)60-24-41(72)66-43(28(4)69)50(79)63-36(21-29-13-15-31(70)16-14-29)47(76)62-35(11-7-19-58-53(56)57)51(80)68-20-8-12-39(68)52(81)82/h5-6,9-10,13-16,23,26-28,34-39,42-43,59,69-70,83H,7-8,11-12,17-22,24-25,54H2,1-4H3,(H2,55,71)(H,60,74)(H,61,73)(H,62,76)(H,63,79)(H,64,78)(H,65,77)(H,66,72)(H,67,75)(H,81,82)(H4,56,57,58)/t27-,28+,34-,35-,36-,37-,38-,39-,42-,43-/m0/s1. The number of primary amides is 1. The third-order valence-corrected chi connectivity index (χ3v) is 13.8. The van der Waals surface area contributed by atoms with Crippen molar-refractivity contribution in [3.8, 4) is 5.75 Å². The number of benzene rings is 2. The topological polar surface area (TPSA) is 480 Å². The summed E-state index contributed by atoms with van der Waals surface area (Å²) in [6, 6.07) is 0.398. The highest BCUT2D eigenvalue weighted by Crippen LogP contribution is 2.22. The Labute approximate surface area is 483 Å². The lowest BCUT2D eigenvalue weighted by Gasteiger charge is -2.29. The monoisotopic (exact) mass is 1180 g/mol. The first-order chi connectivity index (χ1) is 39.2. The number of aliphatic imine (C=N–C) groups is 1. The molecule has 0 saturated carbocycles. The molecular formula is C53H77N15O14S. The van der Waals surface area contributed by atoms with Crippen LogP contribution in [0.2, 0.25) is 0 Å². The number of nitrogens with two attached hydrogens (primary N) is 4. The summed E-state index contributed by atoms with van der Waals surface area (Å²) in [7, 11) is 0. The van der Waals surface area contributed by atoms with Gasteiger partial charge >= 0.3 is 5.97 Å². The van der Waals surface area contributed by atoms with Gasteiger partial charge in [-0.1, -0.05) is 44.2 Å². The molecule has 1 aliphatic heterocycles. The maximum atomic E-state index is 14.3. The maximum absolute atomic E-state index is 14.3. The fourth-order valence-electron chi connectivity index (χ4n) is 8.88. The van der Waals surface area contributed by atoms with Crippen molar-refractivity contribution in [1.29, 1.82) is 0 Å². The number of nitrogens with zero attached hydrogens (tertiary/aromatic N) is 2. The van der Waals surface area contributed by atoms with Gasteiger partial charge in [0.25, 0.3) is 0 Å². The molecule has 83 heavy (non-hydrogen) atoms. The second kappa shape index (κ2) is 32.2. The van der Waals surface area contributed by atoms with Crippen molar-refractivity contribution in [3.05, 3.63) is 65.9 Å². The number of rotatable bonds is 32. The number of para-hydroxylation sites is 1. The van der Waals surface area contributed by atoms with E-state index in [1.54, 1.807) is 44.3 Å². The van der Waals surface area contributed by atoms with Crippen LogP contribution in [0.15, 0.2) is 59.7 Å². The van der Waals surface area contributed by atoms with Gasteiger partial charge in [-0.3, -0.25) is 52.9 Å². The van der Waals surface area contributed by atoms with Gasteiger partial charge in [0.1, 0.15) is 54.1 Å². The molecule has 0 bridgehead atoms. The number of carboxylic acid groups (broad SMARTS) is 1. The number of hydrogen-bond donors (Lipinski definition) is 17. The van der Waals surface area contributed by atoms with Crippen LogP contribution in [-0.4, -0.2) is 182 Å². The summed E-state index contributed by atoms with van der Waals surface area (Å²) >= 11 is 4.25. The number of phenolic OH excluding ortho intramolecular Hbond substituents is 1. The minimum Gasteiger partial charge on any atom is -0.508 e. The number of aromatic hydroxyl groups is 1. The molecule has 454 valence electrons. The molecular weight excluding hydrogens is 1100 g/mol. The van der Waals surface area contributed by atoms with Crippen molar-refractivity contribution in [1.82, 2.24) is 52.4 Å². The number of carboxylic acids is 1. The SMILES string of the molecule is CC(C)[C@H](NC(=O)[C@H](CCC(N)=O)NC(=O)[C@H](C)N)C(=O)N[C@@H](Cc1c[nH]c2ccccc12)C(=O)N[C@@H](CS)C(=O)NCC(=O)N[C@H](C(=O)N[C@@H](Cc1ccc(O)cc1)C(=O)N[C@@H](CCCN=C(N)N)C(=O)N1CCC[C@H]1C(=O)O)[C@@H](C)O. The number of fused-ring (bicyclic) bond motifs is 1. The molecule has 10 amide bonds. The van der Waals surface area contributed by atoms with E-state index in [4.69, 9.17) is 22.9 Å². The number of likely N-dealkylation sites (tertiary alicyclic amines) is 1. The van der Waals surface area contributed by atoms with E-state index in [1.807, 2.05) is 0 Å². The quantitative estimate of drug-likeness (QED) is 0.0122. The van der Waals surface area contributed by atoms with E-state index in [2.05, 4.69) is 65.1 Å². The molecule has 1 saturated heterocycles. The Morgan fingerprint density at radius 2 is 1.30 bits per heavy atom. The van der Waals surface area contributed by atoms with Crippen molar-refractivity contribution in [2.75, 3.05) is 25.4 Å². The van der Waals surface area contributed by atoms with Gasteiger partial charge < -0.3 is 90.7 Å². The minimum absolute atomic E-state index is 0.0510. The lowest BCUT2D eigenvalue weighted by atomic mass is 9.99. The van der Waals surface area contributed by atoms with Crippen LogP contribution in [0.25, 0.3) is 10.9 Å². The van der Waals surface area contributed by atoms with Crippen molar-refractivity contribution in [2.24, 2.45) is 33.8 Å². The largest absolute Gasteiger partial charge is 0.508 e. The summed E-state index contributed by atoms with van der Waals surface area (Å²) in [4.78, 5) is 156. The number of carbonyl (C=O) groups is 11. The summed E-state index contributed by atoms with van der Waals surface area (Å²) in [6.45, 7) is 5.10.